The molecule has 4 heteroatoms. The Hall–Kier alpha value is -2.07. The highest BCUT2D eigenvalue weighted by atomic mass is 16.5. The molecular formula is C16H20N2O2. The van der Waals surface area contributed by atoms with Crippen LogP contribution >= 0.6 is 0 Å². The summed E-state index contributed by atoms with van der Waals surface area (Å²) in [6, 6.07) is 9.36. The second kappa shape index (κ2) is 5.92. The molecule has 20 heavy (non-hydrogen) atoms. The van der Waals surface area contributed by atoms with E-state index >= 15 is 0 Å². The summed E-state index contributed by atoms with van der Waals surface area (Å²) in [5, 5.41) is 0. The largest absolute Gasteiger partial charge is 0.497 e. The fraction of sp³-hybridized carbons (Fsp3) is 0.312. The first kappa shape index (κ1) is 14.3. The topological polar surface area (TPSA) is 57.4 Å². The van der Waals surface area contributed by atoms with E-state index in [0.29, 0.717) is 0 Å². The molecule has 0 fully saturated rings. The predicted molar refractivity (Wildman–Crippen MR) is 79.3 cm³/mol. The van der Waals surface area contributed by atoms with E-state index in [1.807, 2.05) is 44.2 Å². The molecule has 1 atom stereocenters. The van der Waals surface area contributed by atoms with Gasteiger partial charge in [0.25, 0.3) is 0 Å². The van der Waals surface area contributed by atoms with Gasteiger partial charge in [-0.15, -0.1) is 0 Å². The molecule has 1 aromatic heterocycles. The van der Waals surface area contributed by atoms with Gasteiger partial charge < -0.3 is 15.2 Å². The van der Waals surface area contributed by atoms with E-state index in [2.05, 4.69) is 4.98 Å². The Labute approximate surface area is 119 Å². The Kier molecular flexibility index (Phi) is 4.25. The summed E-state index contributed by atoms with van der Waals surface area (Å²) >= 11 is 0. The Bertz CT molecular complexity index is 591. The molecule has 0 bridgehead atoms. The number of hydrogen-bond donors (Lipinski definition) is 1. The summed E-state index contributed by atoms with van der Waals surface area (Å²) in [5.74, 6) is 1.52. The first-order valence-corrected chi connectivity index (χ1v) is 6.48. The summed E-state index contributed by atoms with van der Waals surface area (Å²) in [6.45, 7) is 3.93. The number of aryl methyl sites for hydroxylation is 2. The van der Waals surface area contributed by atoms with Crippen LogP contribution < -0.4 is 15.2 Å². The number of nitrogens with two attached hydrogens (primary N) is 1. The number of nitrogens with zero attached hydrogens (tertiary/aromatic N) is 1. The highest BCUT2D eigenvalue weighted by molar-refractivity contribution is 5.46. The van der Waals surface area contributed by atoms with E-state index < -0.39 is 0 Å². The first-order chi connectivity index (χ1) is 9.55. The van der Waals surface area contributed by atoms with E-state index in [1.54, 1.807) is 14.2 Å². The average molecular weight is 272 g/mol. The van der Waals surface area contributed by atoms with Crippen molar-refractivity contribution in [3.05, 3.63) is 52.8 Å². The van der Waals surface area contributed by atoms with Crippen LogP contribution in [0.2, 0.25) is 0 Å². The lowest BCUT2D eigenvalue weighted by molar-refractivity contribution is 0.397. The molecule has 1 aromatic carbocycles. The van der Waals surface area contributed by atoms with Gasteiger partial charge in [-0.2, -0.15) is 0 Å². The Balaban J connectivity index is 2.48. The van der Waals surface area contributed by atoms with Gasteiger partial charge in [-0.05, 0) is 49.7 Å². The van der Waals surface area contributed by atoms with Crippen molar-refractivity contribution in [3.8, 4) is 11.5 Å². The zero-order chi connectivity index (χ0) is 14.7. The number of ether oxygens (including phenoxy) is 2. The molecule has 0 spiro atoms. The summed E-state index contributed by atoms with van der Waals surface area (Å²) in [6.07, 6.45) is 0. The lowest BCUT2D eigenvalue weighted by Crippen LogP contribution is -2.14. The molecule has 1 unspecified atom stereocenters. The number of benzene rings is 1. The molecule has 106 valence electrons. The Morgan fingerprint density at radius 2 is 1.65 bits per heavy atom. The molecular weight excluding hydrogens is 252 g/mol. The maximum Gasteiger partial charge on any atom is 0.124 e. The second-order valence-corrected chi connectivity index (χ2v) is 4.77. The van der Waals surface area contributed by atoms with Crippen LogP contribution in [0.4, 0.5) is 0 Å². The van der Waals surface area contributed by atoms with Gasteiger partial charge >= 0.3 is 0 Å². The Morgan fingerprint density at radius 3 is 2.20 bits per heavy atom. The van der Waals surface area contributed by atoms with Gasteiger partial charge in [-0.25, -0.2) is 0 Å². The van der Waals surface area contributed by atoms with Crippen LogP contribution in [0.5, 0.6) is 11.5 Å². The van der Waals surface area contributed by atoms with Gasteiger partial charge in [-0.3, -0.25) is 4.98 Å². The van der Waals surface area contributed by atoms with Crippen molar-refractivity contribution in [2.45, 2.75) is 19.9 Å². The van der Waals surface area contributed by atoms with Gasteiger partial charge in [0.15, 0.2) is 0 Å². The van der Waals surface area contributed by atoms with Gasteiger partial charge in [-0.1, -0.05) is 0 Å². The predicted octanol–water partition coefficient (Wildman–Crippen LogP) is 2.76. The molecule has 1 heterocycles. The number of aromatic nitrogens is 1. The fourth-order valence-electron chi connectivity index (χ4n) is 2.31. The molecule has 2 N–H and O–H groups in total. The van der Waals surface area contributed by atoms with Crippen LogP contribution in [0.25, 0.3) is 0 Å². The van der Waals surface area contributed by atoms with E-state index in [9.17, 15) is 0 Å². The maximum atomic E-state index is 6.39. The summed E-state index contributed by atoms with van der Waals surface area (Å²) < 4.78 is 10.7. The highest BCUT2D eigenvalue weighted by Gasteiger charge is 2.16. The third-order valence-electron chi connectivity index (χ3n) is 3.23. The van der Waals surface area contributed by atoms with Crippen molar-refractivity contribution in [1.82, 2.24) is 4.98 Å². The number of methoxy groups -OCH3 is 2. The molecule has 2 aromatic rings. The summed E-state index contributed by atoms with van der Waals surface area (Å²) in [7, 11) is 3.28. The molecule has 4 nitrogen and oxygen atoms in total. The number of rotatable bonds is 4. The molecule has 0 aliphatic heterocycles. The normalized spacial score (nSPS) is 12.1. The number of pyridine rings is 1. The molecule has 0 aliphatic rings. The van der Waals surface area contributed by atoms with Crippen molar-refractivity contribution < 1.29 is 9.47 Å². The third kappa shape index (κ3) is 2.91. The van der Waals surface area contributed by atoms with Crippen LogP contribution in [-0.4, -0.2) is 19.2 Å². The monoisotopic (exact) mass is 272 g/mol. The van der Waals surface area contributed by atoms with Gasteiger partial charge in [0.1, 0.15) is 11.5 Å². The lowest BCUT2D eigenvalue weighted by atomic mass is 9.98. The molecule has 2 rings (SSSR count). The fourth-order valence-corrected chi connectivity index (χ4v) is 2.31. The van der Waals surface area contributed by atoms with Crippen molar-refractivity contribution in [2.24, 2.45) is 5.73 Å². The molecule has 0 saturated carbocycles. The Morgan fingerprint density at radius 1 is 1.00 bits per heavy atom. The zero-order valence-electron chi connectivity index (χ0n) is 12.3. The second-order valence-electron chi connectivity index (χ2n) is 4.77. The highest BCUT2D eigenvalue weighted by Crippen LogP contribution is 2.32. The van der Waals surface area contributed by atoms with Crippen molar-refractivity contribution in [3.63, 3.8) is 0 Å². The molecule has 0 radical (unpaired) electrons. The maximum absolute atomic E-state index is 6.39. The van der Waals surface area contributed by atoms with E-state index in [4.69, 9.17) is 15.2 Å². The van der Waals surface area contributed by atoms with E-state index in [1.165, 1.54) is 0 Å². The third-order valence-corrected chi connectivity index (χ3v) is 3.23. The van der Waals surface area contributed by atoms with Crippen molar-refractivity contribution in [1.29, 1.82) is 0 Å². The summed E-state index contributed by atoms with van der Waals surface area (Å²) in [4.78, 5) is 4.38. The average Bonchev–Trinajstić information content (AvgIpc) is 2.44. The molecule has 0 amide bonds. The minimum absolute atomic E-state index is 0.277. The van der Waals surface area contributed by atoms with Crippen LogP contribution in [-0.2, 0) is 0 Å². The van der Waals surface area contributed by atoms with Gasteiger partial charge in [0.2, 0.25) is 0 Å². The lowest BCUT2D eigenvalue weighted by Gasteiger charge is -2.18. The van der Waals surface area contributed by atoms with E-state index in [-0.39, 0.29) is 6.04 Å². The van der Waals surface area contributed by atoms with Crippen LogP contribution in [0.15, 0.2) is 30.3 Å². The van der Waals surface area contributed by atoms with Crippen molar-refractivity contribution in [2.75, 3.05) is 14.2 Å². The van der Waals surface area contributed by atoms with Crippen molar-refractivity contribution >= 4 is 0 Å². The van der Waals surface area contributed by atoms with E-state index in [0.717, 1.165) is 34.0 Å². The van der Waals surface area contributed by atoms with Gasteiger partial charge in [0.05, 0.1) is 20.3 Å². The molecule has 0 saturated heterocycles. The SMILES string of the molecule is COc1ccc(OC)c(C(N)c2cc(C)nc(C)c2)c1. The quantitative estimate of drug-likeness (QED) is 0.929. The summed E-state index contributed by atoms with van der Waals surface area (Å²) in [5.41, 5.74) is 10.2. The van der Waals surface area contributed by atoms with Gasteiger partial charge in [0, 0.05) is 17.0 Å². The minimum Gasteiger partial charge on any atom is -0.497 e. The zero-order valence-corrected chi connectivity index (χ0v) is 12.3. The van der Waals surface area contributed by atoms with Crippen LogP contribution in [0.3, 0.4) is 0 Å². The smallest absolute Gasteiger partial charge is 0.124 e. The molecule has 0 aliphatic carbocycles. The number of hydrogen-bond acceptors (Lipinski definition) is 4. The van der Waals surface area contributed by atoms with Crippen LogP contribution in [0.1, 0.15) is 28.6 Å². The van der Waals surface area contributed by atoms with Crippen LogP contribution in [0, 0.1) is 13.8 Å². The first-order valence-electron chi connectivity index (χ1n) is 6.48. The standard InChI is InChI=1S/C16H20N2O2/c1-10-7-12(8-11(2)18-10)16(17)14-9-13(19-3)5-6-15(14)20-4/h5-9,16H,17H2,1-4H3. The minimum atomic E-state index is -0.277.